The number of carbonyl (C=O) groups excluding carboxylic acids is 3. The van der Waals surface area contributed by atoms with Crippen molar-refractivity contribution >= 4 is 29.7 Å². The molecule has 0 aliphatic rings. The minimum absolute atomic E-state index is 0.143. The number of amides is 2. The van der Waals surface area contributed by atoms with Gasteiger partial charge < -0.3 is 14.8 Å². The van der Waals surface area contributed by atoms with Crippen LogP contribution in [0.3, 0.4) is 0 Å². The molecule has 0 bridgehead atoms. The number of carbonyl (C=O) groups is 3. The van der Waals surface area contributed by atoms with E-state index in [1.807, 2.05) is 6.92 Å². The van der Waals surface area contributed by atoms with Crippen LogP contribution in [0.4, 0.5) is 18.9 Å². The molecule has 2 amide bonds. The zero-order valence-electron chi connectivity index (χ0n) is 22.4. The van der Waals surface area contributed by atoms with Crippen molar-refractivity contribution in [3.05, 3.63) is 124 Å². The van der Waals surface area contributed by atoms with E-state index in [0.717, 1.165) is 23.8 Å². The van der Waals surface area contributed by atoms with Gasteiger partial charge in [0.1, 0.15) is 0 Å². The summed E-state index contributed by atoms with van der Waals surface area (Å²) in [6.45, 7) is 1.91. The number of aryl methyl sites for hydroxylation is 1. The van der Waals surface area contributed by atoms with E-state index in [1.54, 1.807) is 36.4 Å². The number of hydrogen-bond donors (Lipinski definition) is 2. The van der Waals surface area contributed by atoms with Crippen LogP contribution in [0, 0.1) is 6.92 Å². The van der Waals surface area contributed by atoms with Gasteiger partial charge in [0.05, 0.1) is 24.5 Å². The number of hydrogen-bond acceptors (Lipinski definition) is 6. The smallest absolute Gasteiger partial charge is 0.416 e. The number of anilines is 1. The highest BCUT2D eigenvalue weighted by molar-refractivity contribution is 6.05. The molecule has 0 spiro atoms. The third kappa shape index (κ3) is 7.60. The monoisotopic (exact) mass is 575 g/mol. The number of nitrogens with zero attached hydrogens (tertiary/aromatic N) is 1. The molecule has 0 aromatic heterocycles. The van der Waals surface area contributed by atoms with Crippen LogP contribution in [0.1, 0.15) is 47.8 Å². The lowest BCUT2D eigenvalue weighted by Crippen LogP contribution is -2.18. The van der Waals surface area contributed by atoms with Crippen LogP contribution in [0.25, 0.3) is 0 Å². The second kappa shape index (κ2) is 12.8. The molecule has 0 unspecified atom stereocenters. The largest absolute Gasteiger partial charge is 0.493 e. The Hall–Kier alpha value is -5.45. The number of nitrogens with one attached hydrogen (secondary N) is 2. The van der Waals surface area contributed by atoms with Crippen LogP contribution < -0.4 is 20.2 Å². The Labute approximate surface area is 238 Å². The molecule has 0 heterocycles. The standard InChI is InChI=1S/C31H24F3N3O5/c1-19-9-12-21(13-10-19)30(40)42-26-14-11-20(15-27(26)41-2)18-35-37-29(39)23-6-4-8-25(17-23)36-28(38)22-5-3-7-24(16-22)31(32,33)34/h3-18H,1-2H3,(H,36,38)(H,37,39). The fourth-order valence-electron chi connectivity index (χ4n) is 3.71. The van der Waals surface area contributed by atoms with Crippen LogP contribution >= 0.6 is 0 Å². The highest BCUT2D eigenvalue weighted by atomic mass is 19.4. The Kier molecular flexibility index (Phi) is 9.01. The molecule has 4 aromatic rings. The fraction of sp³-hybridized carbons (Fsp3) is 0.0968. The fourth-order valence-corrected chi connectivity index (χ4v) is 3.71. The first-order valence-electron chi connectivity index (χ1n) is 12.4. The first-order valence-corrected chi connectivity index (χ1v) is 12.4. The molecule has 0 saturated carbocycles. The average molecular weight is 576 g/mol. The van der Waals surface area contributed by atoms with Crippen LogP contribution in [0.15, 0.2) is 96.1 Å². The summed E-state index contributed by atoms with van der Waals surface area (Å²) >= 11 is 0. The predicted octanol–water partition coefficient (Wildman–Crippen LogP) is 6.26. The molecule has 0 saturated heterocycles. The van der Waals surface area contributed by atoms with Crippen LogP contribution in [0.2, 0.25) is 0 Å². The van der Waals surface area contributed by atoms with E-state index in [0.29, 0.717) is 11.1 Å². The summed E-state index contributed by atoms with van der Waals surface area (Å²) in [5.41, 5.74) is 3.50. The number of hydrazone groups is 1. The molecular formula is C31H24F3N3O5. The Morgan fingerprint density at radius 2 is 1.48 bits per heavy atom. The van der Waals surface area contributed by atoms with Crippen molar-refractivity contribution in [3.8, 4) is 11.5 Å². The summed E-state index contributed by atoms with van der Waals surface area (Å²) in [5.74, 6) is -1.44. The molecule has 4 aromatic carbocycles. The Bertz CT molecular complexity index is 1650. The van der Waals surface area contributed by atoms with Crippen molar-refractivity contribution in [1.82, 2.24) is 5.43 Å². The third-order valence-corrected chi connectivity index (χ3v) is 5.89. The molecule has 0 atom stereocenters. The second-order valence-electron chi connectivity index (χ2n) is 8.98. The molecule has 0 radical (unpaired) electrons. The minimum Gasteiger partial charge on any atom is -0.493 e. The van der Waals surface area contributed by atoms with Gasteiger partial charge in [0.15, 0.2) is 11.5 Å². The number of benzene rings is 4. The minimum atomic E-state index is -4.59. The maximum Gasteiger partial charge on any atom is 0.416 e. The van der Waals surface area contributed by atoms with Gasteiger partial charge >= 0.3 is 12.1 Å². The van der Waals surface area contributed by atoms with Gasteiger partial charge in [0.2, 0.25) is 0 Å². The lowest BCUT2D eigenvalue weighted by Gasteiger charge is -2.10. The Morgan fingerprint density at radius 1 is 0.786 bits per heavy atom. The summed E-state index contributed by atoms with van der Waals surface area (Å²) in [5, 5.41) is 6.41. The van der Waals surface area contributed by atoms with Crippen molar-refractivity contribution in [2.75, 3.05) is 12.4 Å². The van der Waals surface area contributed by atoms with E-state index >= 15 is 0 Å². The third-order valence-electron chi connectivity index (χ3n) is 5.89. The van der Waals surface area contributed by atoms with Gasteiger partial charge in [-0.3, -0.25) is 9.59 Å². The van der Waals surface area contributed by atoms with E-state index in [-0.39, 0.29) is 28.3 Å². The predicted molar refractivity (Wildman–Crippen MR) is 150 cm³/mol. The molecule has 0 aliphatic carbocycles. The molecular weight excluding hydrogens is 551 g/mol. The van der Waals surface area contributed by atoms with Gasteiger partial charge in [-0.1, -0.05) is 29.8 Å². The highest BCUT2D eigenvalue weighted by Gasteiger charge is 2.31. The molecule has 214 valence electrons. The van der Waals surface area contributed by atoms with Crippen molar-refractivity contribution in [1.29, 1.82) is 0 Å². The number of alkyl halides is 3. The number of methoxy groups -OCH3 is 1. The Morgan fingerprint density at radius 3 is 2.17 bits per heavy atom. The number of esters is 1. The van der Waals surface area contributed by atoms with Gasteiger partial charge in [-0.2, -0.15) is 18.3 Å². The second-order valence-corrected chi connectivity index (χ2v) is 8.98. The van der Waals surface area contributed by atoms with E-state index in [2.05, 4.69) is 15.8 Å². The highest BCUT2D eigenvalue weighted by Crippen LogP contribution is 2.30. The zero-order valence-corrected chi connectivity index (χ0v) is 22.4. The summed E-state index contributed by atoms with van der Waals surface area (Å²) in [6.07, 6.45) is -3.23. The molecule has 42 heavy (non-hydrogen) atoms. The van der Waals surface area contributed by atoms with Crippen LogP contribution in [-0.4, -0.2) is 31.1 Å². The van der Waals surface area contributed by atoms with Crippen LogP contribution in [0.5, 0.6) is 11.5 Å². The number of halogens is 3. The average Bonchev–Trinajstić information content (AvgIpc) is 2.97. The van der Waals surface area contributed by atoms with Crippen molar-refractivity contribution < 1.29 is 37.0 Å². The lowest BCUT2D eigenvalue weighted by molar-refractivity contribution is -0.137. The Balaban J connectivity index is 1.38. The van der Waals surface area contributed by atoms with Gasteiger partial charge in [0.25, 0.3) is 11.8 Å². The summed E-state index contributed by atoms with van der Waals surface area (Å²) < 4.78 is 49.7. The first kappa shape index (κ1) is 29.5. The maximum atomic E-state index is 13.0. The first-order chi connectivity index (χ1) is 20.0. The summed E-state index contributed by atoms with van der Waals surface area (Å²) in [4.78, 5) is 37.5. The molecule has 0 aliphatic heterocycles. The van der Waals surface area contributed by atoms with E-state index in [1.165, 1.54) is 49.7 Å². The van der Waals surface area contributed by atoms with E-state index < -0.39 is 29.5 Å². The van der Waals surface area contributed by atoms with Crippen LogP contribution in [-0.2, 0) is 6.18 Å². The maximum absolute atomic E-state index is 13.0. The quantitative estimate of drug-likeness (QED) is 0.112. The number of ether oxygens (including phenoxy) is 2. The van der Waals surface area contributed by atoms with Crippen molar-refractivity contribution in [2.45, 2.75) is 13.1 Å². The van der Waals surface area contributed by atoms with Crippen molar-refractivity contribution in [3.63, 3.8) is 0 Å². The van der Waals surface area contributed by atoms with Gasteiger partial charge in [-0.05, 0) is 79.2 Å². The van der Waals surface area contributed by atoms with Gasteiger partial charge in [-0.15, -0.1) is 0 Å². The normalized spacial score (nSPS) is 11.2. The number of rotatable bonds is 8. The van der Waals surface area contributed by atoms with Crippen molar-refractivity contribution in [2.24, 2.45) is 5.10 Å². The summed E-state index contributed by atoms with van der Waals surface area (Å²) in [7, 11) is 1.42. The SMILES string of the molecule is COc1cc(C=NNC(=O)c2cccc(NC(=O)c3cccc(C(F)(F)F)c3)c2)ccc1OC(=O)c1ccc(C)cc1. The molecule has 8 nitrogen and oxygen atoms in total. The molecule has 11 heteroatoms. The molecule has 4 rings (SSSR count). The van der Waals surface area contributed by atoms with E-state index in [9.17, 15) is 27.6 Å². The molecule has 0 fully saturated rings. The van der Waals surface area contributed by atoms with Gasteiger partial charge in [0, 0.05) is 16.8 Å². The zero-order chi connectivity index (χ0) is 30.3. The molecule has 2 N–H and O–H groups in total. The van der Waals surface area contributed by atoms with Gasteiger partial charge in [-0.25, -0.2) is 10.2 Å². The lowest BCUT2D eigenvalue weighted by atomic mass is 10.1. The summed E-state index contributed by atoms with van der Waals surface area (Å²) in [6, 6.07) is 21.5. The topological polar surface area (TPSA) is 106 Å². The van der Waals surface area contributed by atoms with E-state index in [4.69, 9.17) is 9.47 Å².